The summed E-state index contributed by atoms with van der Waals surface area (Å²) in [4.78, 5) is 10.0. The van der Waals surface area contributed by atoms with Gasteiger partial charge in [-0.1, -0.05) is 30.3 Å². The third-order valence-corrected chi connectivity index (χ3v) is 3.04. The molecule has 1 heterocycles. The third-order valence-electron chi connectivity index (χ3n) is 3.04. The van der Waals surface area contributed by atoms with Crippen molar-refractivity contribution in [3.05, 3.63) is 47.9 Å². The molecule has 1 aromatic heterocycles. The molecule has 0 saturated carbocycles. The Kier molecular flexibility index (Phi) is 4.50. The third kappa shape index (κ3) is 3.23. The summed E-state index contributed by atoms with van der Waals surface area (Å²) in [7, 11) is 1.72. The quantitative estimate of drug-likeness (QED) is 0.909. The van der Waals surface area contributed by atoms with E-state index < -0.39 is 5.82 Å². The van der Waals surface area contributed by atoms with Gasteiger partial charge in [0.2, 0.25) is 5.95 Å². The van der Waals surface area contributed by atoms with Gasteiger partial charge in [0, 0.05) is 19.6 Å². The molecule has 0 aliphatic heterocycles. The molecule has 0 saturated heterocycles. The Morgan fingerprint density at radius 3 is 2.55 bits per heavy atom. The summed E-state index contributed by atoms with van der Waals surface area (Å²) in [5.41, 5.74) is 1.12. The minimum absolute atomic E-state index is 0.129. The molecule has 0 aliphatic carbocycles. The summed E-state index contributed by atoms with van der Waals surface area (Å²) < 4.78 is 14.0. The van der Waals surface area contributed by atoms with Gasteiger partial charge < -0.3 is 10.2 Å². The van der Waals surface area contributed by atoms with E-state index in [4.69, 9.17) is 0 Å². The van der Waals surface area contributed by atoms with Crippen LogP contribution in [-0.4, -0.2) is 23.1 Å². The molecule has 4 nitrogen and oxygen atoms in total. The molecule has 0 atom stereocenters. The normalized spacial score (nSPS) is 10.7. The highest BCUT2D eigenvalue weighted by Crippen LogP contribution is 2.22. The molecule has 0 aliphatic rings. The zero-order valence-electron chi connectivity index (χ0n) is 12.0. The number of hydrogen-bond acceptors (Lipinski definition) is 4. The van der Waals surface area contributed by atoms with Crippen molar-refractivity contribution in [2.24, 2.45) is 0 Å². The molecule has 1 aromatic carbocycles. The van der Waals surface area contributed by atoms with Crippen LogP contribution in [0.25, 0.3) is 0 Å². The number of hydrogen-bond donors (Lipinski definition) is 1. The van der Waals surface area contributed by atoms with E-state index in [2.05, 4.69) is 15.3 Å². The lowest BCUT2D eigenvalue weighted by molar-refractivity contribution is 0.583. The Balaban J connectivity index is 2.33. The van der Waals surface area contributed by atoms with Gasteiger partial charge in [0.25, 0.3) is 0 Å². The minimum Gasteiger partial charge on any atom is -0.357 e. The minimum atomic E-state index is -0.409. The smallest absolute Gasteiger partial charge is 0.224 e. The summed E-state index contributed by atoms with van der Waals surface area (Å²) in [6, 6.07) is 10.1. The van der Waals surface area contributed by atoms with Gasteiger partial charge in [-0.3, -0.25) is 0 Å². The molecule has 0 bridgehead atoms. The fourth-order valence-electron chi connectivity index (χ4n) is 1.96. The van der Waals surface area contributed by atoms with Crippen LogP contribution in [0.5, 0.6) is 0 Å². The van der Waals surface area contributed by atoms with Crippen molar-refractivity contribution in [2.45, 2.75) is 26.4 Å². The first-order chi connectivity index (χ1) is 9.61. The van der Waals surface area contributed by atoms with Gasteiger partial charge in [-0.25, -0.2) is 9.37 Å². The molecule has 0 amide bonds. The van der Waals surface area contributed by atoms with Crippen molar-refractivity contribution < 1.29 is 4.39 Å². The Labute approximate surface area is 118 Å². The highest BCUT2D eigenvalue weighted by molar-refractivity contribution is 5.45. The van der Waals surface area contributed by atoms with Crippen LogP contribution >= 0.6 is 0 Å². The first-order valence-corrected chi connectivity index (χ1v) is 6.62. The van der Waals surface area contributed by atoms with Crippen LogP contribution in [0.15, 0.2) is 36.5 Å². The van der Waals surface area contributed by atoms with Crippen LogP contribution in [0.4, 0.5) is 16.2 Å². The molecule has 20 heavy (non-hydrogen) atoms. The second-order valence-corrected chi connectivity index (χ2v) is 4.82. The van der Waals surface area contributed by atoms with Crippen molar-refractivity contribution in [1.29, 1.82) is 0 Å². The van der Waals surface area contributed by atoms with Crippen LogP contribution in [0.2, 0.25) is 0 Å². The van der Waals surface area contributed by atoms with E-state index in [1.165, 1.54) is 6.20 Å². The van der Waals surface area contributed by atoms with Gasteiger partial charge in [-0.2, -0.15) is 4.98 Å². The first-order valence-electron chi connectivity index (χ1n) is 6.62. The summed E-state index contributed by atoms with van der Waals surface area (Å²) in [5.74, 6) is 0.331. The van der Waals surface area contributed by atoms with E-state index in [9.17, 15) is 4.39 Å². The van der Waals surface area contributed by atoms with Gasteiger partial charge >= 0.3 is 0 Å². The van der Waals surface area contributed by atoms with Crippen LogP contribution in [0.3, 0.4) is 0 Å². The lowest BCUT2D eigenvalue weighted by atomic mass is 10.2. The monoisotopic (exact) mass is 274 g/mol. The molecule has 5 heteroatoms. The Morgan fingerprint density at radius 2 is 1.95 bits per heavy atom. The Hall–Kier alpha value is -2.17. The Bertz CT molecular complexity index is 557. The standard InChI is InChI=1S/C15H19FN4/c1-11(2)20(10-12-7-5-4-6-8-12)14-13(16)9-18-15(17-3)19-14/h4-9,11H,10H2,1-3H3,(H,17,18,19). The highest BCUT2D eigenvalue weighted by atomic mass is 19.1. The van der Waals surface area contributed by atoms with Gasteiger partial charge in [-0.05, 0) is 19.4 Å². The molecule has 0 fully saturated rings. The number of anilines is 2. The molecule has 0 radical (unpaired) electrons. The fourth-order valence-corrected chi connectivity index (χ4v) is 1.96. The first kappa shape index (κ1) is 14.2. The number of aromatic nitrogens is 2. The van der Waals surface area contributed by atoms with E-state index in [1.54, 1.807) is 7.05 Å². The van der Waals surface area contributed by atoms with Crippen LogP contribution in [0.1, 0.15) is 19.4 Å². The maximum atomic E-state index is 14.0. The SMILES string of the molecule is CNc1ncc(F)c(N(Cc2ccccc2)C(C)C)n1. The zero-order valence-corrected chi connectivity index (χ0v) is 12.0. The number of halogens is 1. The number of nitrogens with one attached hydrogen (secondary N) is 1. The van der Waals surface area contributed by atoms with Crippen molar-refractivity contribution in [3.63, 3.8) is 0 Å². The van der Waals surface area contributed by atoms with Gasteiger partial charge in [0.1, 0.15) is 0 Å². The Morgan fingerprint density at radius 1 is 1.25 bits per heavy atom. The van der Waals surface area contributed by atoms with E-state index >= 15 is 0 Å². The van der Waals surface area contributed by atoms with E-state index in [0.717, 1.165) is 5.56 Å². The average molecular weight is 274 g/mol. The maximum Gasteiger partial charge on any atom is 0.224 e. The second kappa shape index (κ2) is 6.32. The van der Waals surface area contributed by atoms with Gasteiger partial charge in [0.15, 0.2) is 11.6 Å². The molecule has 106 valence electrons. The average Bonchev–Trinajstić information content (AvgIpc) is 2.46. The molecule has 0 spiro atoms. The number of nitrogens with zero attached hydrogens (tertiary/aromatic N) is 3. The fraction of sp³-hybridized carbons (Fsp3) is 0.333. The van der Waals surface area contributed by atoms with Crippen LogP contribution < -0.4 is 10.2 Å². The summed E-state index contributed by atoms with van der Waals surface area (Å²) in [5, 5.41) is 2.84. The zero-order chi connectivity index (χ0) is 14.5. The predicted molar refractivity (Wildman–Crippen MR) is 79.3 cm³/mol. The molecule has 2 aromatic rings. The molecular weight excluding hydrogens is 255 g/mol. The predicted octanol–water partition coefficient (Wildman–Crippen LogP) is 3.07. The van der Waals surface area contributed by atoms with E-state index in [-0.39, 0.29) is 6.04 Å². The highest BCUT2D eigenvalue weighted by Gasteiger charge is 2.18. The molecule has 0 unspecified atom stereocenters. The second-order valence-electron chi connectivity index (χ2n) is 4.82. The lowest BCUT2D eigenvalue weighted by Crippen LogP contribution is -2.32. The topological polar surface area (TPSA) is 41.1 Å². The number of rotatable bonds is 5. The largest absolute Gasteiger partial charge is 0.357 e. The van der Waals surface area contributed by atoms with Crippen molar-refractivity contribution in [1.82, 2.24) is 9.97 Å². The van der Waals surface area contributed by atoms with Crippen LogP contribution in [0, 0.1) is 5.82 Å². The maximum absolute atomic E-state index is 14.0. The molecular formula is C15H19FN4. The number of benzene rings is 1. The van der Waals surface area contributed by atoms with Gasteiger partial charge in [0.05, 0.1) is 6.20 Å². The summed E-state index contributed by atoms with van der Waals surface area (Å²) in [6.07, 6.45) is 1.20. The van der Waals surface area contributed by atoms with Gasteiger partial charge in [-0.15, -0.1) is 0 Å². The van der Waals surface area contributed by atoms with Crippen LogP contribution in [-0.2, 0) is 6.54 Å². The molecule has 2 rings (SSSR count). The summed E-state index contributed by atoms with van der Waals surface area (Å²) in [6.45, 7) is 4.64. The van der Waals surface area contributed by atoms with Crippen molar-refractivity contribution >= 4 is 11.8 Å². The lowest BCUT2D eigenvalue weighted by Gasteiger charge is -2.28. The van der Waals surface area contributed by atoms with Crippen molar-refractivity contribution in [3.8, 4) is 0 Å². The van der Waals surface area contributed by atoms with Crippen molar-refractivity contribution in [2.75, 3.05) is 17.3 Å². The molecule has 1 N–H and O–H groups in total. The van der Waals surface area contributed by atoms with E-state index in [1.807, 2.05) is 49.1 Å². The summed E-state index contributed by atoms with van der Waals surface area (Å²) >= 11 is 0. The van der Waals surface area contributed by atoms with E-state index in [0.29, 0.717) is 18.3 Å².